The number of esters is 2. The van der Waals surface area contributed by atoms with Crippen molar-refractivity contribution in [3.8, 4) is 0 Å². The highest BCUT2D eigenvalue weighted by Crippen LogP contribution is 2.16. The Bertz CT molecular complexity index is 1030. The Morgan fingerprint density at radius 2 is 0.726 bits per heavy atom. The standard InChI is InChI=1S/C57H104O5/c1-4-7-10-13-16-19-22-25-27-28-29-30-31-33-35-38-41-44-47-50-56(58)61-54-55(53-60-52-49-46-43-40-37-34-26-23-20-17-14-11-8-5-2)62-57(59)51-48-45-42-39-36-32-24-21-18-15-12-9-6-3/h8,11,17,20-21,24,26,34,55H,4-7,9-10,12-16,18-19,22-23,25,27-33,35-54H2,1-3H3/b11-8-,20-17-,24-21-,34-26-. The fourth-order valence-corrected chi connectivity index (χ4v) is 7.81. The molecule has 0 heterocycles. The van der Waals surface area contributed by atoms with Crippen LogP contribution in [0.15, 0.2) is 48.6 Å². The number of ether oxygens (including phenoxy) is 3. The van der Waals surface area contributed by atoms with Crippen molar-refractivity contribution in [1.82, 2.24) is 0 Å². The minimum absolute atomic E-state index is 0.0762. The van der Waals surface area contributed by atoms with Crippen LogP contribution in [0.2, 0.25) is 0 Å². The fraction of sp³-hybridized carbons (Fsp3) is 0.825. The van der Waals surface area contributed by atoms with Crippen LogP contribution in [0.25, 0.3) is 0 Å². The topological polar surface area (TPSA) is 61.8 Å². The largest absolute Gasteiger partial charge is 0.462 e. The third kappa shape index (κ3) is 50.5. The van der Waals surface area contributed by atoms with E-state index in [1.54, 1.807) is 0 Å². The molecule has 62 heavy (non-hydrogen) atoms. The molecule has 0 bridgehead atoms. The number of hydrogen-bond donors (Lipinski definition) is 0. The average molecular weight is 869 g/mol. The van der Waals surface area contributed by atoms with Crippen molar-refractivity contribution in [2.75, 3.05) is 19.8 Å². The molecular weight excluding hydrogens is 765 g/mol. The van der Waals surface area contributed by atoms with Crippen LogP contribution in [0.5, 0.6) is 0 Å². The van der Waals surface area contributed by atoms with E-state index in [1.165, 1.54) is 167 Å². The van der Waals surface area contributed by atoms with E-state index in [2.05, 4.69) is 69.4 Å². The van der Waals surface area contributed by atoms with E-state index >= 15 is 0 Å². The van der Waals surface area contributed by atoms with Gasteiger partial charge in [0.1, 0.15) is 6.61 Å². The predicted molar refractivity (Wildman–Crippen MR) is 270 cm³/mol. The molecule has 0 N–H and O–H groups in total. The van der Waals surface area contributed by atoms with Gasteiger partial charge in [-0.25, -0.2) is 0 Å². The predicted octanol–water partition coefficient (Wildman–Crippen LogP) is 18.3. The number of hydrogen-bond acceptors (Lipinski definition) is 5. The molecule has 0 saturated heterocycles. The molecule has 0 spiro atoms. The zero-order valence-corrected chi connectivity index (χ0v) is 41.6. The van der Waals surface area contributed by atoms with Gasteiger partial charge in [-0.1, -0.05) is 236 Å². The third-order valence-electron chi connectivity index (χ3n) is 11.8. The number of unbranched alkanes of at least 4 members (excludes halogenated alkanes) is 31. The Balaban J connectivity index is 4.23. The summed E-state index contributed by atoms with van der Waals surface area (Å²) in [5.74, 6) is -0.408. The van der Waals surface area contributed by atoms with Crippen LogP contribution in [0.3, 0.4) is 0 Å². The highest BCUT2D eigenvalue weighted by molar-refractivity contribution is 5.70. The molecular formula is C57H104O5. The second-order valence-electron chi connectivity index (χ2n) is 18.1. The van der Waals surface area contributed by atoms with Gasteiger partial charge in [0.2, 0.25) is 0 Å². The highest BCUT2D eigenvalue weighted by Gasteiger charge is 2.17. The Morgan fingerprint density at radius 3 is 1.19 bits per heavy atom. The van der Waals surface area contributed by atoms with E-state index in [-0.39, 0.29) is 25.2 Å². The normalized spacial score (nSPS) is 12.5. The molecule has 0 aliphatic rings. The lowest BCUT2D eigenvalue weighted by Gasteiger charge is -2.18. The van der Waals surface area contributed by atoms with Crippen LogP contribution in [0.4, 0.5) is 0 Å². The molecule has 0 radical (unpaired) electrons. The van der Waals surface area contributed by atoms with Crippen LogP contribution in [-0.2, 0) is 23.8 Å². The first-order chi connectivity index (χ1) is 30.6. The van der Waals surface area contributed by atoms with E-state index in [1.807, 2.05) is 0 Å². The zero-order chi connectivity index (χ0) is 44.9. The van der Waals surface area contributed by atoms with Gasteiger partial charge in [-0.15, -0.1) is 0 Å². The summed E-state index contributed by atoms with van der Waals surface area (Å²) in [4.78, 5) is 25.4. The minimum atomic E-state index is -0.549. The quantitative estimate of drug-likeness (QED) is 0.0346. The summed E-state index contributed by atoms with van der Waals surface area (Å²) in [6.07, 6.45) is 65.6. The maximum Gasteiger partial charge on any atom is 0.306 e. The fourth-order valence-electron chi connectivity index (χ4n) is 7.81. The number of allylic oxidation sites excluding steroid dienone is 8. The van der Waals surface area contributed by atoms with Gasteiger partial charge < -0.3 is 14.2 Å². The summed E-state index contributed by atoms with van der Waals surface area (Å²) in [5.41, 5.74) is 0. The molecule has 0 saturated carbocycles. The van der Waals surface area contributed by atoms with Crippen molar-refractivity contribution in [3.63, 3.8) is 0 Å². The van der Waals surface area contributed by atoms with Crippen LogP contribution in [0, 0.1) is 0 Å². The number of rotatable bonds is 50. The first kappa shape index (κ1) is 59.9. The molecule has 1 unspecified atom stereocenters. The summed E-state index contributed by atoms with van der Waals surface area (Å²) in [6.45, 7) is 7.69. The number of carbonyl (C=O) groups excluding carboxylic acids is 2. The lowest BCUT2D eigenvalue weighted by Crippen LogP contribution is -2.30. The Hall–Kier alpha value is -2.14. The van der Waals surface area contributed by atoms with E-state index in [9.17, 15) is 9.59 Å². The van der Waals surface area contributed by atoms with Gasteiger partial charge in [-0.3, -0.25) is 9.59 Å². The van der Waals surface area contributed by atoms with Gasteiger partial charge in [0.25, 0.3) is 0 Å². The molecule has 0 aromatic rings. The summed E-state index contributed by atoms with van der Waals surface area (Å²) in [6, 6.07) is 0. The molecule has 0 aromatic heterocycles. The van der Waals surface area contributed by atoms with Gasteiger partial charge in [0, 0.05) is 19.4 Å². The van der Waals surface area contributed by atoms with E-state index in [0.29, 0.717) is 19.4 Å². The molecule has 0 aromatic carbocycles. The van der Waals surface area contributed by atoms with Gasteiger partial charge in [0.05, 0.1) is 6.61 Å². The van der Waals surface area contributed by atoms with Crippen molar-refractivity contribution in [3.05, 3.63) is 48.6 Å². The minimum Gasteiger partial charge on any atom is -0.462 e. The van der Waals surface area contributed by atoms with Crippen molar-refractivity contribution in [2.24, 2.45) is 0 Å². The van der Waals surface area contributed by atoms with Crippen LogP contribution in [0.1, 0.15) is 278 Å². The molecule has 0 aliphatic heterocycles. The lowest BCUT2D eigenvalue weighted by atomic mass is 10.0. The molecule has 0 fully saturated rings. The Kier molecular flexibility index (Phi) is 51.4. The molecule has 0 rings (SSSR count). The molecule has 0 aliphatic carbocycles. The number of carbonyl (C=O) groups is 2. The summed E-state index contributed by atoms with van der Waals surface area (Å²) >= 11 is 0. The molecule has 5 nitrogen and oxygen atoms in total. The molecule has 362 valence electrons. The van der Waals surface area contributed by atoms with Gasteiger partial charge in [-0.2, -0.15) is 0 Å². The van der Waals surface area contributed by atoms with E-state index in [4.69, 9.17) is 14.2 Å². The SMILES string of the molecule is CC/C=C\C/C=C\C/C=C\CCCCCCOCC(COC(=O)CCCCCCCCCCCCCCCCCCCCC)OC(=O)CCCCCCC/C=C\CCCCCC. The highest BCUT2D eigenvalue weighted by atomic mass is 16.6. The van der Waals surface area contributed by atoms with Crippen LogP contribution in [-0.4, -0.2) is 37.9 Å². The van der Waals surface area contributed by atoms with Crippen LogP contribution < -0.4 is 0 Å². The second-order valence-corrected chi connectivity index (χ2v) is 18.1. The maximum absolute atomic E-state index is 12.8. The van der Waals surface area contributed by atoms with Gasteiger partial charge in [-0.05, 0) is 77.0 Å². The van der Waals surface area contributed by atoms with Crippen molar-refractivity contribution < 1.29 is 23.8 Å². The zero-order valence-electron chi connectivity index (χ0n) is 41.6. The van der Waals surface area contributed by atoms with E-state index in [0.717, 1.165) is 77.0 Å². The molecule has 0 amide bonds. The summed E-state index contributed by atoms with van der Waals surface area (Å²) in [5, 5.41) is 0. The maximum atomic E-state index is 12.8. The van der Waals surface area contributed by atoms with Crippen molar-refractivity contribution in [1.29, 1.82) is 0 Å². The van der Waals surface area contributed by atoms with Gasteiger partial charge >= 0.3 is 11.9 Å². The monoisotopic (exact) mass is 869 g/mol. The average Bonchev–Trinajstić information content (AvgIpc) is 3.27. The van der Waals surface area contributed by atoms with Crippen molar-refractivity contribution in [2.45, 2.75) is 284 Å². The Morgan fingerprint density at radius 1 is 0.371 bits per heavy atom. The summed E-state index contributed by atoms with van der Waals surface area (Å²) < 4.78 is 17.4. The summed E-state index contributed by atoms with van der Waals surface area (Å²) in [7, 11) is 0. The molecule has 1 atom stereocenters. The smallest absolute Gasteiger partial charge is 0.306 e. The second kappa shape index (κ2) is 53.2. The molecule has 5 heteroatoms. The van der Waals surface area contributed by atoms with Crippen molar-refractivity contribution >= 4 is 11.9 Å². The third-order valence-corrected chi connectivity index (χ3v) is 11.8. The van der Waals surface area contributed by atoms with Gasteiger partial charge in [0.15, 0.2) is 6.10 Å². The first-order valence-corrected chi connectivity index (χ1v) is 27.2. The van der Waals surface area contributed by atoms with E-state index < -0.39 is 6.10 Å². The Labute approximate surface area is 386 Å². The van der Waals surface area contributed by atoms with Crippen LogP contribution >= 0.6 is 0 Å². The lowest BCUT2D eigenvalue weighted by molar-refractivity contribution is -0.163. The first-order valence-electron chi connectivity index (χ1n) is 27.2.